The van der Waals surface area contributed by atoms with E-state index < -0.39 is 0 Å². The maximum Gasteiger partial charge on any atom is 0.0101 e. The Hall–Kier alpha value is -0.0900. The highest BCUT2D eigenvalue weighted by molar-refractivity contribution is 14.1. The average molecular weight is 305 g/mol. The van der Waals surface area contributed by atoms with Gasteiger partial charge in [0.25, 0.3) is 0 Å². The van der Waals surface area contributed by atoms with Gasteiger partial charge in [0.2, 0.25) is 0 Å². The number of halogens is 1. The van der Waals surface area contributed by atoms with E-state index in [1.54, 1.807) is 0 Å². The Morgan fingerprint density at radius 3 is 2.07 bits per heavy atom. The molecule has 1 rings (SSSR count). The lowest BCUT2D eigenvalue weighted by atomic mass is 10.1. The minimum absolute atomic E-state index is 0.618. The zero-order valence-corrected chi connectivity index (χ0v) is 11.7. The van der Waals surface area contributed by atoms with Crippen molar-refractivity contribution in [2.75, 3.05) is 19.0 Å². The summed E-state index contributed by atoms with van der Waals surface area (Å²) in [6.07, 6.45) is 1.13. The topological polar surface area (TPSA) is 3.24 Å². The number of alkyl halides is 1. The van der Waals surface area contributed by atoms with Gasteiger partial charge in [0.15, 0.2) is 0 Å². The summed E-state index contributed by atoms with van der Waals surface area (Å²) in [5.41, 5.74) is 1.42. The van der Waals surface area contributed by atoms with Gasteiger partial charge < -0.3 is 4.90 Å². The van der Waals surface area contributed by atoms with Gasteiger partial charge in [0.05, 0.1) is 0 Å². The fourth-order valence-corrected chi connectivity index (χ4v) is 1.14. The van der Waals surface area contributed by atoms with Gasteiger partial charge >= 0.3 is 0 Å². The first-order chi connectivity index (χ1) is 6.70. The summed E-state index contributed by atoms with van der Waals surface area (Å²) in [5.74, 6) is 0. The second-order valence-electron chi connectivity index (χ2n) is 3.50. The van der Waals surface area contributed by atoms with Crippen LogP contribution in [-0.4, -0.2) is 30.0 Å². The van der Waals surface area contributed by atoms with Crippen LogP contribution in [0.3, 0.4) is 0 Å². The van der Waals surface area contributed by atoms with Crippen LogP contribution < -0.4 is 0 Å². The van der Waals surface area contributed by atoms with E-state index in [-0.39, 0.29) is 0 Å². The summed E-state index contributed by atoms with van der Waals surface area (Å²) in [4.78, 5) is 4.21. The Bertz CT molecular complexity index is 221. The van der Waals surface area contributed by atoms with E-state index in [1.165, 1.54) is 5.56 Å². The SMILES string of the molecule is CC(Cc1ccccc1)N(C)C.CI. The third kappa shape index (κ3) is 5.60. The van der Waals surface area contributed by atoms with E-state index in [4.69, 9.17) is 0 Å². The summed E-state index contributed by atoms with van der Waals surface area (Å²) < 4.78 is 0. The van der Waals surface area contributed by atoms with E-state index in [1.807, 2.05) is 4.93 Å². The highest BCUT2D eigenvalue weighted by atomic mass is 127. The molecule has 0 fully saturated rings. The first-order valence-corrected chi connectivity index (χ1v) is 6.94. The third-order valence-electron chi connectivity index (χ3n) is 2.26. The summed E-state index contributed by atoms with van der Waals surface area (Å²) >= 11 is 2.15. The van der Waals surface area contributed by atoms with Crippen molar-refractivity contribution in [1.29, 1.82) is 0 Å². The van der Waals surface area contributed by atoms with Crippen molar-refractivity contribution in [2.45, 2.75) is 19.4 Å². The number of hydrogen-bond acceptors (Lipinski definition) is 1. The molecule has 80 valence electrons. The first-order valence-electron chi connectivity index (χ1n) is 4.78. The van der Waals surface area contributed by atoms with Crippen LogP contribution >= 0.6 is 22.6 Å². The van der Waals surface area contributed by atoms with Crippen LogP contribution in [0.25, 0.3) is 0 Å². The van der Waals surface area contributed by atoms with Gasteiger partial charge in [0, 0.05) is 6.04 Å². The predicted molar refractivity (Wildman–Crippen MR) is 73.2 cm³/mol. The number of hydrogen-bond donors (Lipinski definition) is 0. The molecule has 0 amide bonds. The van der Waals surface area contributed by atoms with Gasteiger partial charge in [-0.25, -0.2) is 0 Å². The maximum absolute atomic E-state index is 2.24. The highest BCUT2D eigenvalue weighted by Gasteiger charge is 2.04. The van der Waals surface area contributed by atoms with Crippen molar-refractivity contribution in [3.63, 3.8) is 0 Å². The van der Waals surface area contributed by atoms with Crippen LogP contribution in [0, 0.1) is 0 Å². The largest absolute Gasteiger partial charge is 0.306 e. The quantitative estimate of drug-likeness (QED) is 0.612. The molecule has 0 aromatic heterocycles. The zero-order valence-electron chi connectivity index (χ0n) is 9.50. The fourth-order valence-electron chi connectivity index (χ4n) is 1.14. The van der Waals surface area contributed by atoms with E-state index in [9.17, 15) is 0 Å². The first kappa shape index (κ1) is 13.9. The van der Waals surface area contributed by atoms with Crippen LogP contribution in [0.5, 0.6) is 0 Å². The van der Waals surface area contributed by atoms with Gasteiger partial charge in [0.1, 0.15) is 0 Å². The van der Waals surface area contributed by atoms with E-state index in [2.05, 4.69) is 78.8 Å². The fraction of sp³-hybridized carbons (Fsp3) is 0.500. The smallest absolute Gasteiger partial charge is 0.0101 e. The Kier molecular flexibility index (Phi) is 8.18. The minimum Gasteiger partial charge on any atom is -0.306 e. The lowest BCUT2D eigenvalue weighted by molar-refractivity contribution is 0.312. The zero-order chi connectivity index (χ0) is 11.0. The van der Waals surface area contributed by atoms with Crippen molar-refractivity contribution in [1.82, 2.24) is 4.90 Å². The van der Waals surface area contributed by atoms with Crippen molar-refractivity contribution in [3.05, 3.63) is 35.9 Å². The molecule has 2 heteroatoms. The molecule has 1 atom stereocenters. The summed E-state index contributed by atoms with van der Waals surface area (Å²) in [5, 5.41) is 0. The predicted octanol–water partition coefficient (Wildman–Crippen LogP) is 3.23. The maximum atomic E-state index is 2.24. The molecule has 0 saturated carbocycles. The van der Waals surface area contributed by atoms with Crippen molar-refractivity contribution in [3.8, 4) is 0 Å². The molecule has 0 N–H and O–H groups in total. The lowest BCUT2D eigenvalue weighted by Crippen LogP contribution is -2.26. The molecule has 1 nitrogen and oxygen atoms in total. The molecule has 0 aliphatic rings. The average Bonchev–Trinajstić information content (AvgIpc) is 2.22. The van der Waals surface area contributed by atoms with Crippen LogP contribution in [-0.2, 0) is 6.42 Å². The standard InChI is InChI=1S/C11H17N.CH3I/c1-10(12(2)3)9-11-7-5-4-6-8-11;1-2/h4-8,10H,9H2,1-3H3;1H3. The van der Waals surface area contributed by atoms with Crippen LogP contribution in [0.4, 0.5) is 0 Å². The van der Waals surface area contributed by atoms with Gasteiger partial charge in [-0.1, -0.05) is 52.9 Å². The lowest BCUT2D eigenvalue weighted by Gasteiger charge is -2.19. The van der Waals surface area contributed by atoms with E-state index in [0.29, 0.717) is 6.04 Å². The monoisotopic (exact) mass is 305 g/mol. The van der Waals surface area contributed by atoms with Crippen LogP contribution in [0.15, 0.2) is 30.3 Å². The summed E-state index contributed by atoms with van der Waals surface area (Å²) in [6.45, 7) is 2.24. The molecule has 1 unspecified atom stereocenters. The Labute approximate surface area is 102 Å². The Balaban J connectivity index is 0.000000791. The van der Waals surface area contributed by atoms with Crippen LogP contribution in [0.2, 0.25) is 0 Å². The second-order valence-corrected chi connectivity index (χ2v) is 3.50. The van der Waals surface area contributed by atoms with Crippen molar-refractivity contribution < 1.29 is 0 Å². The molecule has 0 radical (unpaired) electrons. The van der Waals surface area contributed by atoms with Gasteiger partial charge in [-0.3, -0.25) is 0 Å². The number of rotatable bonds is 3. The molecule has 0 aliphatic heterocycles. The number of likely N-dealkylation sites (N-methyl/N-ethyl adjacent to an activating group) is 1. The Morgan fingerprint density at radius 2 is 1.64 bits per heavy atom. The molecule has 1 aromatic rings. The second kappa shape index (κ2) is 8.24. The minimum atomic E-state index is 0.618. The van der Waals surface area contributed by atoms with Gasteiger partial charge in [-0.15, -0.1) is 0 Å². The molecule has 0 saturated heterocycles. The van der Waals surface area contributed by atoms with Crippen molar-refractivity contribution in [2.24, 2.45) is 0 Å². The van der Waals surface area contributed by atoms with E-state index in [0.717, 1.165) is 6.42 Å². The molecular formula is C12H20IN. The normalized spacial score (nSPS) is 11.9. The summed E-state index contributed by atoms with van der Waals surface area (Å²) in [7, 11) is 4.24. The molecule has 0 bridgehead atoms. The molecule has 14 heavy (non-hydrogen) atoms. The van der Waals surface area contributed by atoms with Crippen molar-refractivity contribution >= 4 is 22.6 Å². The molecular weight excluding hydrogens is 285 g/mol. The molecule has 0 heterocycles. The highest BCUT2D eigenvalue weighted by Crippen LogP contribution is 2.05. The Morgan fingerprint density at radius 1 is 1.14 bits per heavy atom. The van der Waals surface area contributed by atoms with E-state index >= 15 is 0 Å². The van der Waals surface area contributed by atoms with Gasteiger partial charge in [-0.2, -0.15) is 0 Å². The molecule has 0 aliphatic carbocycles. The number of benzene rings is 1. The number of nitrogens with zero attached hydrogens (tertiary/aromatic N) is 1. The molecule has 1 aromatic carbocycles. The van der Waals surface area contributed by atoms with Gasteiger partial charge in [-0.05, 0) is 37.9 Å². The third-order valence-corrected chi connectivity index (χ3v) is 2.26. The summed E-state index contributed by atoms with van der Waals surface area (Å²) in [6, 6.07) is 11.2. The van der Waals surface area contributed by atoms with Crippen LogP contribution in [0.1, 0.15) is 12.5 Å². The molecule has 0 spiro atoms.